The average Bonchev–Trinajstić information content (AvgIpc) is 3.73. The van der Waals surface area contributed by atoms with Gasteiger partial charge in [-0.2, -0.15) is 0 Å². The van der Waals surface area contributed by atoms with E-state index in [1.54, 1.807) is 0 Å². The van der Waals surface area contributed by atoms with Crippen LogP contribution in [0.4, 0.5) is 11.4 Å². The Morgan fingerprint density at radius 2 is 1.76 bits per heavy atom. The molecule has 3 amide bonds. The standard InChI is InChI=1S/C30H23N3O3S2/c34-24(31-21-10-8-16-5-4-15-2-1-3-20(21)25(15)16)14-37-30-32-22-11-9-19(13-23(22)38-30)33-28(35)26-17-6-7-18(12-17)27(26)29(33)36/h1-3,6-11,13,17-18,26-27H,4-5,12,14H2,(H,31,34)/t17-,18-,26-,27+/m0/s1. The van der Waals surface area contributed by atoms with Crippen LogP contribution in [0.15, 0.2) is 65.0 Å². The first kappa shape index (κ1) is 22.5. The van der Waals surface area contributed by atoms with E-state index in [1.165, 1.54) is 44.5 Å². The predicted octanol–water partition coefficient (Wildman–Crippen LogP) is 5.59. The summed E-state index contributed by atoms with van der Waals surface area (Å²) in [6.45, 7) is 0. The molecule has 2 fully saturated rings. The van der Waals surface area contributed by atoms with Crippen molar-refractivity contribution in [3.8, 4) is 0 Å². The molecule has 1 aliphatic heterocycles. The number of amides is 3. The van der Waals surface area contributed by atoms with Gasteiger partial charge in [0.1, 0.15) is 0 Å². The van der Waals surface area contributed by atoms with Crippen molar-refractivity contribution >= 4 is 73.2 Å². The maximum absolute atomic E-state index is 13.2. The minimum Gasteiger partial charge on any atom is -0.325 e. The predicted molar refractivity (Wildman–Crippen MR) is 151 cm³/mol. The van der Waals surface area contributed by atoms with Gasteiger partial charge in [0.25, 0.3) is 0 Å². The van der Waals surface area contributed by atoms with E-state index in [1.807, 2.05) is 24.3 Å². The number of benzene rings is 3. The van der Waals surface area contributed by atoms with Crippen molar-refractivity contribution in [3.63, 3.8) is 0 Å². The number of carbonyl (C=O) groups excluding carboxylic acids is 3. The molecule has 2 heterocycles. The third kappa shape index (κ3) is 3.26. The number of anilines is 2. The van der Waals surface area contributed by atoms with Crippen molar-refractivity contribution in [1.29, 1.82) is 0 Å². The molecule has 4 aliphatic rings. The Kier molecular flexibility index (Phi) is 4.88. The monoisotopic (exact) mass is 537 g/mol. The molecule has 4 aromatic rings. The lowest BCUT2D eigenvalue weighted by Crippen LogP contribution is -2.32. The topological polar surface area (TPSA) is 79.4 Å². The largest absolute Gasteiger partial charge is 0.325 e. The van der Waals surface area contributed by atoms with Crippen LogP contribution < -0.4 is 10.2 Å². The molecule has 1 aromatic heterocycles. The number of fused-ring (bicyclic) bond motifs is 6. The highest BCUT2D eigenvalue weighted by atomic mass is 32.2. The SMILES string of the molecule is O=C(CSc1nc2ccc(N3C(=O)[C@@H]4[C@H](C3=O)[C@H]3C=C[C@H]4C3)cc2s1)Nc1ccc2c3c(cccc13)CC2. The normalized spacial score (nSPS) is 24.8. The lowest BCUT2D eigenvalue weighted by molar-refractivity contribution is -0.123. The van der Waals surface area contributed by atoms with Crippen molar-refractivity contribution in [3.05, 3.63) is 71.8 Å². The van der Waals surface area contributed by atoms with Gasteiger partial charge in [-0.3, -0.25) is 14.4 Å². The van der Waals surface area contributed by atoms with Gasteiger partial charge in [-0.25, -0.2) is 9.88 Å². The third-order valence-corrected chi connectivity index (χ3v) is 10.7. The molecule has 4 atom stereocenters. The summed E-state index contributed by atoms with van der Waals surface area (Å²) >= 11 is 2.88. The first-order chi connectivity index (χ1) is 18.5. The smallest absolute Gasteiger partial charge is 0.238 e. The molecular weight excluding hydrogens is 514 g/mol. The summed E-state index contributed by atoms with van der Waals surface area (Å²) in [5, 5.41) is 5.47. The number of rotatable bonds is 5. The van der Waals surface area contributed by atoms with Crippen molar-refractivity contribution < 1.29 is 14.4 Å². The number of aryl methyl sites for hydroxylation is 2. The van der Waals surface area contributed by atoms with Gasteiger partial charge in [-0.05, 0) is 71.9 Å². The highest BCUT2D eigenvalue weighted by Crippen LogP contribution is 2.53. The molecular formula is C30H23N3O3S2. The zero-order valence-corrected chi connectivity index (χ0v) is 22.0. The first-order valence-electron chi connectivity index (χ1n) is 13.0. The second-order valence-corrected chi connectivity index (χ2v) is 12.8. The van der Waals surface area contributed by atoms with E-state index < -0.39 is 0 Å². The van der Waals surface area contributed by atoms with Crippen molar-refractivity contribution in [2.45, 2.75) is 23.6 Å². The Balaban J connectivity index is 0.986. The molecule has 8 rings (SSSR count). The van der Waals surface area contributed by atoms with Gasteiger partial charge in [0.05, 0.1) is 33.5 Å². The highest BCUT2D eigenvalue weighted by Gasteiger charge is 2.59. The number of nitrogens with zero attached hydrogens (tertiary/aromatic N) is 2. The fraction of sp³-hybridized carbons (Fsp3) is 0.267. The van der Waals surface area contributed by atoms with Gasteiger partial charge in [0, 0.05) is 11.1 Å². The number of hydrogen-bond acceptors (Lipinski definition) is 6. The van der Waals surface area contributed by atoms with Crippen LogP contribution in [0.25, 0.3) is 21.0 Å². The minimum absolute atomic E-state index is 0.0725. The molecule has 0 radical (unpaired) electrons. The van der Waals surface area contributed by atoms with Crippen LogP contribution in [0.3, 0.4) is 0 Å². The summed E-state index contributed by atoms with van der Waals surface area (Å²) in [6, 6.07) is 16.0. The van der Waals surface area contributed by atoms with Crippen LogP contribution in [-0.2, 0) is 27.2 Å². The van der Waals surface area contributed by atoms with E-state index in [0.717, 1.165) is 44.9 Å². The van der Waals surface area contributed by atoms with Crippen LogP contribution >= 0.6 is 23.1 Å². The molecule has 3 aromatic carbocycles. The second-order valence-electron chi connectivity index (χ2n) is 10.6. The van der Waals surface area contributed by atoms with Crippen LogP contribution in [-0.4, -0.2) is 28.5 Å². The molecule has 0 spiro atoms. The Hall–Kier alpha value is -3.49. The van der Waals surface area contributed by atoms with Crippen LogP contribution in [0.2, 0.25) is 0 Å². The molecule has 38 heavy (non-hydrogen) atoms. The lowest BCUT2D eigenvalue weighted by atomic mass is 9.85. The quantitative estimate of drug-likeness (QED) is 0.204. The Bertz CT molecular complexity index is 1700. The number of aromatic nitrogens is 1. The number of hydrogen-bond donors (Lipinski definition) is 1. The first-order valence-corrected chi connectivity index (χ1v) is 14.8. The number of thioether (sulfide) groups is 1. The minimum atomic E-state index is -0.211. The Labute approximate surface area is 227 Å². The fourth-order valence-corrected chi connectivity index (χ4v) is 8.82. The van der Waals surface area contributed by atoms with Gasteiger partial charge in [-0.1, -0.05) is 48.2 Å². The summed E-state index contributed by atoms with van der Waals surface area (Å²) < 4.78 is 1.68. The average molecular weight is 538 g/mol. The number of carbonyl (C=O) groups is 3. The van der Waals surface area contributed by atoms with E-state index in [4.69, 9.17) is 0 Å². The zero-order valence-electron chi connectivity index (χ0n) is 20.3. The molecule has 1 saturated carbocycles. The summed E-state index contributed by atoms with van der Waals surface area (Å²) in [6.07, 6.45) is 7.25. The number of allylic oxidation sites excluding steroid dienone is 2. The number of thiazole rings is 1. The zero-order chi connectivity index (χ0) is 25.5. The Morgan fingerprint density at radius 1 is 1.00 bits per heavy atom. The van der Waals surface area contributed by atoms with E-state index in [9.17, 15) is 14.4 Å². The van der Waals surface area contributed by atoms with Crippen LogP contribution in [0.1, 0.15) is 17.5 Å². The van der Waals surface area contributed by atoms with E-state index in [0.29, 0.717) is 5.69 Å². The van der Waals surface area contributed by atoms with Crippen molar-refractivity contribution in [2.75, 3.05) is 16.0 Å². The third-order valence-electron chi connectivity index (χ3n) is 8.56. The molecule has 8 heteroatoms. The summed E-state index contributed by atoms with van der Waals surface area (Å²) in [7, 11) is 0. The van der Waals surface area contributed by atoms with Crippen molar-refractivity contribution in [1.82, 2.24) is 4.98 Å². The van der Waals surface area contributed by atoms with Gasteiger partial charge in [0.2, 0.25) is 17.7 Å². The number of nitrogens with one attached hydrogen (secondary N) is 1. The summed E-state index contributed by atoms with van der Waals surface area (Å²) in [5.41, 5.74) is 4.96. The van der Waals surface area contributed by atoms with E-state index in [-0.39, 0.29) is 47.1 Å². The lowest BCUT2D eigenvalue weighted by Gasteiger charge is -2.17. The summed E-state index contributed by atoms with van der Waals surface area (Å²) in [4.78, 5) is 45.3. The molecule has 188 valence electrons. The van der Waals surface area contributed by atoms with Crippen LogP contribution in [0.5, 0.6) is 0 Å². The molecule has 1 N–H and O–H groups in total. The maximum atomic E-state index is 13.2. The van der Waals surface area contributed by atoms with Crippen LogP contribution in [0, 0.1) is 23.7 Å². The number of imide groups is 1. The van der Waals surface area contributed by atoms with E-state index >= 15 is 0 Å². The fourth-order valence-electron chi connectivity index (χ4n) is 6.92. The maximum Gasteiger partial charge on any atom is 0.238 e. The van der Waals surface area contributed by atoms with Crippen molar-refractivity contribution in [2.24, 2.45) is 23.7 Å². The van der Waals surface area contributed by atoms with Gasteiger partial charge in [-0.15, -0.1) is 11.3 Å². The second kappa shape index (κ2) is 8.25. The molecule has 3 aliphatic carbocycles. The molecule has 6 nitrogen and oxygen atoms in total. The summed E-state index contributed by atoms with van der Waals surface area (Å²) in [5.74, 6) is -0.00871. The van der Waals surface area contributed by atoms with Gasteiger partial charge >= 0.3 is 0 Å². The Morgan fingerprint density at radius 3 is 2.55 bits per heavy atom. The van der Waals surface area contributed by atoms with Gasteiger partial charge < -0.3 is 5.32 Å². The molecule has 1 saturated heterocycles. The van der Waals surface area contributed by atoms with Gasteiger partial charge in [0.15, 0.2) is 4.34 Å². The molecule has 0 unspecified atom stereocenters. The molecule has 2 bridgehead atoms. The van der Waals surface area contributed by atoms with E-state index in [2.05, 4.69) is 46.7 Å². The highest BCUT2D eigenvalue weighted by molar-refractivity contribution is 8.01.